The van der Waals surface area contributed by atoms with Crippen LogP contribution < -0.4 is 5.32 Å². The van der Waals surface area contributed by atoms with E-state index in [1.165, 1.54) is 12.8 Å². The van der Waals surface area contributed by atoms with Gasteiger partial charge in [0.15, 0.2) is 0 Å². The third-order valence-corrected chi connectivity index (χ3v) is 5.36. The number of carbonyl (C=O) groups excluding carboxylic acids is 1. The van der Waals surface area contributed by atoms with Gasteiger partial charge in [-0.05, 0) is 49.9 Å². The van der Waals surface area contributed by atoms with Crippen LogP contribution >= 0.6 is 23.1 Å². The van der Waals surface area contributed by atoms with Crippen LogP contribution in [-0.4, -0.2) is 16.9 Å². The number of hydrogen-bond donors (Lipinski definition) is 1. The molecule has 3 rings (SSSR count). The molecule has 0 aliphatic heterocycles. The number of amides is 1. The Hall–Kier alpha value is -1.33. The Labute approximate surface area is 133 Å². The average molecular weight is 318 g/mol. The minimum Gasteiger partial charge on any atom is -0.349 e. The first-order valence-electron chi connectivity index (χ1n) is 7.13. The fourth-order valence-electron chi connectivity index (χ4n) is 2.17. The van der Waals surface area contributed by atoms with Crippen molar-refractivity contribution in [2.45, 2.75) is 36.5 Å². The first-order valence-corrected chi connectivity index (χ1v) is 9.06. The fourth-order valence-corrected chi connectivity index (χ4v) is 3.64. The minimum absolute atomic E-state index is 0.0328. The topological polar surface area (TPSA) is 42.0 Å². The number of aromatic nitrogens is 1. The second-order valence-corrected chi connectivity index (χ2v) is 7.16. The predicted octanol–water partition coefficient (Wildman–Crippen LogP) is 3.96. The van der Waals surface area contributed by atoms with Crippen LogP contribution in [-0.2, 0) is 5.75 Å². The van der Waals surface area contributed by atoms with Crippen LogP contribution in [0.1, 0.15) is 35.8 Å². The lowest BCUT2D eigenvalue weighted by Gasteiger charge is -2.12. The second kappa shape index (κ2) is 6.62. The number of benzene rings is 1. The SMILES string of the molecule is C[C@@H](NC(=O)c1ccc(SCc2cscn2)cc1)C1CC1. The maximum absolute atomic E-state index is 12.1. The van der Waals surface area contributed by atoms with E-state index in [9.17, 15) is 4.79 Å². The van der Waals surface area contributed by atoms with Crippen molar-refractivity contribution >= 4 is 29.0 Å². The number of rotatable bonds is 6. The monoisotopic (exact) mass is 318 g/mol. The predicted molar refractivity (Wildman–Crippen MR) is 87.8 cm³/mol. The number of thiazole rings is 1. The van der Waals surface area contributed by atoms with Gasteiger partial charge in [0.25, 0.3) is 5.91 Å². The highest BCUT2D eigenvalue weighted by molar-refractivity contribution is 7.98. The molecule has 110 valence electrons. The number of nitrogens with one attached hydrogen (secondary N) is 1. The van der Waals surface area contributed by atoms with Crippen LogP contribution in [0, 0.1) is 5.92 Å². The van der Waals surface area contributed by atoms with Crippen LogP contribution in [0.2, 0.25) is 0 Å². The summed E-state index contributed by atoms with van der Waals surface area (Å²) in [4.78, 5) is 17.5. The fraction of sp³-hybridized carbons (Fsp3) is 0.375. The average Bonchev–Trinajstić information content (AvgIpc) is 3.23. The van der Waals surface area contributed by atoms with E-state index in [-0.39, 0.29) is 11.9 Å². The van der Waals surface area contributed by atoms with Gasteiger partial charge in [-0.3, -0.25) is 4.79 Å². The first-order chi connectivity index (χ1) is 10.2. The lowest BCUT2D eigenvalue weighted by Crippen LogP contribution is -2.33. The molecule has 0 spiro atoms. The molecule has 0 unspecified atom stereocenters. The van der Waals surface area contributed by atoms with Crippen molar-refractivity contribution in [2.24, 2.45) is 5.92 Å². The van der Waals surface area contributed by atoms with Crippen molar-refractivity contribution < 1.29 is 4.79 Å². The Bertz CT molecular complexity index is 591. The molecule has 0 saturated heterocycles. The maximum atomic E-state index is 12.1. The lowest BCUT2D eigenvalue weighted by atomic mass is 10.1. The molecule has 1 atom stereocenters. The molecule has 1 fully saturated rings. The summed E-state index contributed by atoms with van der Waals surface area (Å²) in [7, 11) is 0. The highest BCUT2D eigenvalue weighted by atomic mass is 32.2. The van der Waals surface area contributed by atoms with Gasteiger partial charge in [-0.25, -0.2) is 4.98 Å². The van der Waals surface area contributed by atoms with Gasteiger partial charge in [0.1, 0.15) is 0 Å². The van der Waals surface area contributed by atoms with Gasteiger partial charge in [-0.1, -0.05) is 0 Å². The highest BCUT2D eigenvalue weighted by Crippen LogP contribution is 2.32. The number of carbonyl (C=O) groups is 1. The molecule has 1 saturated carbocycles. The van der Waals surface area contributed by atoms with Crippen LogP contribution in [0.15, 0.2) is 40.1 Å². The second-order valence-electron chi connectivity index (χ2n) is 5.39. The molecule has 2 aromatic rings. The van der Waals surface area contributed by atoms with Crippen molar-refractivity contribution in [3.63, 3.8) is 0 Å². The van der Waals surface area contributed by atoms with Crippen molar-refractivity contribution in [2.75, 3.05) is 0 Å². The summed E-state index contributed by atoms with van der Waals surface area (Å²) in [5, 5.41) is 5.14. The van der Waals surface area contributed by atoms with E-state index in [0.717, 1.165) is 21.9 Å². The van der Waals surface area contributed by atoms with Gasteiger partial charge in [-0.15, -0.1) is 23.1 Å². The normalized spacial score (nSPS) is 15.7. The largest absolute Gasteiger partial charge is 0.349 e. The molecule has 1 amide bonds. The van der Waals surface area contributed by atoms with Gasteiger partial charge in [0.2, 0.25) is 0 Å². The number of nitrogens with zero attached hydrogens (tertiary/aromatic N) is 1. The molecular weight excluding hydrogens is 300 g/mol. The molecule has 1 aliphatic carbocycles. The molecule has 1 heterocycles. The van der Waals surface area contributed by atoms with Crippen LogP contribution in [0.25, 0.3) is 0 Å². The van der Waals surface area contributed by atoms with E-state index < -0.39 is 0 Å². The molecular formula is C16H18N2OS2. The quantitative estimate of drug-likeness (QED) is 0.820. The van der Waals surface area contributed by atoms with Crippen LogP contribution in [0.3, 0.4) is 0 Å². The van der Waals surface area contributed by atoms with Gasteiger partial charge < -0.3 is 5.32 Å². The third kappa shape index (κ3) is 4.08. The van der Waals surface area contributed by atoms with Crippen LogP contribution in [0.4, 0.5) is 0 Å². The highest BCUT2D eigenvalue weighted by Gasteiger charge is 2.28. The van der Waals surface area contributed by atoms with E-state index in [4.69, 9.17) is 0 Å². The summed E-state index contributed by atoms with van der Waals surface area (Å²) in [6.07, 6.45) is 2.49. The summed E-state index contributed by atoms with van der Waals surface area (Å²) >= 11 is 3.36. The Morgan fingerprint density at radius 3 is 2.81 bits per heavy atom. The van der Waals surface area contributed by atoms with Crippen molar-refractivity contribution in [3.05, 3.63) is 46.4 Å². The van der Waals surface area contributed by atoms with Gasteiger partial charge in [-0.2, -0.15) is 0 Å². The molecule has 3 nitrogen and oxygen atoms in total. The van der Waals surface area contributed by atoms with E-state index in [1.54, 1.807) is 23.1 Å². The summed E-state index contributed by atoms with van der Waals surface area (Å²) in [6, 6.07) is 8.11. The van der Waals surface area contributed by atoms with Crippen molar-refractivity contribution in [1.29, 1.82) is 0 Å². The lowest BCUT2D eigenvalue weighted by molar-refractivity contribution is 0.0936. The smallest absolute Gasteiger partial charge is 0.251 e. The summed E-state index contributed by atoms with van der Waals surface area (Å²) in [5.74, 6) is 1.58. The molecule has 1 aromatic heterocycles. The van der Waals surface area contributed by atoms with E-state index in [0.29, 0.717) is 5.92 Å². The number of thioether (sulfide) groups is 1. The molecule has 5 heteroatoms. The molecule has 0 bridgehead atoms. The van der Waals surface area contributed by atoms with Crippen molar-refractivity contribution in [3.8, 4) is 0 Å². The Kier molecular flexibility index (Phi) is 4.60. The molecule has 1 aliphatic rings. The molecule has 1 aromatic carbocycles. The summed E-state index contributed by atoms with van der Waals surface area (Å²) in [5.41, 5.74) is 3.69. The first kappa shape index (κ1) is 14.6. The zero-order valence-electron chi connectivity index (χ0n) is 11.9. The molecule has 0 radical (unpaired) electrons. The van der Waals surface area contributed by atoms with E-state index >= 15 is 0 Å². The Morgan fingerprint density at radius 2 is 2.19 bits per heavy atom. The van der Waals surface area contributed by atoms with Gasteiger partial charge in [0.05, 0.1) is 11.2 Å². The van der Waals surface area contributed by atoms with Crippen molar-refractivity contribution in [1.82, 2.24) is 10.3 Å². The zero-order valence-corrected chi connectivity index (χ0v) is 13.5. The maximum Gasteiger partial charge on any atom is 0.251 e. The molecule has 21 heavy (non-hydrogen) atoms. The van der Waals surface area contributed by atoms with Crippen LogP contribution in [0.5, 0.6) is 0 Å². The zero-order chi connectivity index (χ0) is 14.7. The third-order valence-electron chi connectivity index (χ3n) is 3.67. The summed E-state index contributed by atoms with van der Waals surface area (Å²) < 4.78 is 0. The van der Waals surface area contributed by atoms with E-state index in [2.05, 4.69) is 22.6 Å². The van der Waals surface area contributed by atoms with Gasteiger partial charge >= 0.3 is 0 Å². The summed E-state index contributed by atoms with van der Waals surface area (Å²) in [6.45, 7) is 2.09. The minimum atomic E-state index is 0.0328. The Morgan fingerprint density at radius 1 is 1.43 bits per heavy atom. The van der Waals surface area contributed by atoms with E-state index in [1.807, 2.05) is 29.8 Å². The standard InChI is InChI=1S/C16H18N2OS2/c1-11(12-2-3-12)18-16(19)13-4-6-15(7-5-13)21-9-14-8-20-10-17-14/h4-8,10-12H,2-3,9H2,1H3,(H,18,19)/t11-/m1/s1. The van der Waals surface area contributed by atoms with Gasteiger partial charge in [0, 0.05) is 27.6 Å². The molecule has 1 N–H and O–H groups in total. The Balaban J connectivity index is 1.54. The number of hydrogen-bond acceptors (Lipinski definition) is 4.